The van der Waals surface area contributed by atoms with Crippen molar-refractivity contribution >= 4 is 5.97 Å². The second kappa shape index (κ2) is 3.95. The molecular formula is C9H13NO2. The molecule has 0 aliphatic heterocycles. The first kappa shape index (κ1) is 8.84. The number of hydrogen-bond donors (Lipinski definition) is 0. The van der Waals surface area contributed by atoms with Gasteiger partial charge < -0.3 is 9.30 Å². The normalized spacial score (nSPS) is 9.83. The molecule has 0 aliphatic rings. The lowest BCUT2D eigenvalue weighted by Gasteiger charge is -1.98. The monoisotopic (exact) mass is 167 g/mol. The maximum absolute atomic E-state index is 11.0. The smallest absolute Gasteiger partial charge is 0.310 e. The number of carbonyl (C=O) groups excluding carboxylic acids is 1. The van der Waals surface area contributed by atoms with Crippen molar-refractivity contribution in [1.29, 1.82) is 0 Å². The average Bonchev–Trinajstić information content (AvgIpc) is 2.36. The van der Waals surface area contributed by atoms with Gasteiger partial charge in [-0.2, -0.15) is 0 Å². The quantitative estimate of drug-likeness (QED) is 0.632. The summed E-state index contributed by atoms with van der Waals surface area (Å²) in [4.78, 5) is 11.0. The summed E-state index contributed by atoms with van der Waals surface area (Å²) >= 11 is 0. The third kappa shape index (κ3) is 2.42. The molecule has 3 heteroatoms. The van der Waals surface area contributed by atoms with E-state index in [0.717, 1.165) is 5.56 Å². The summed E-state index contributed by atoms with van der Waals surface area (Å²) < 4.78 is 6.72. The van der Waals surface area contributed by atoms with Gasteiger partial charge in [-0.3, -0.25) is 4.79 Å². The largest absolute Gasteiger partial charge is 0.466 e. The van der Waals surface area contributed by atoms with Gasteiger partial charge in [0.15, 0.2) is 0 Å². The minimum absolute atomic E-state index is 0.163. The van der Waals surface area contributed by atoms with E-state index in [2.05, 4.69) is 0 Å². The van der Waals surface area contributed by atoms with Crippen molar-refractivity contribution in [3.63, 3.8) is 0 Å². The number of nitrogens with zero attached hydrogens (tertiary/aromatic N) is 1. The summed E-state index contributed by atoms with van der Waals surface area (Å²) in [6.45, 7) is 2.26. The Hall–Kier alpha value is -1.25. The SMILES string of the molecule is CCOC(=O)Cc1ccn(C)c1. The van der Waals surface area contributed by atoms with Crippen molar-refractivity contribution in [1.82, 2.24) is 4.57 Å². The lowest BCUT2D eigenvalue weighted by Crippen LogP contribution is -2.06. The summed E-state index contributed by atoms with van der Waals surface area (Å²) in [6.07, 6.45) is 4.19. The number of rotatable bonds is 3. The van der Waals surface area contributed by atoms with E-state index in [0.29, 0.717) is 13.0 Å². The van der Waals surface area contributed by atoms with Crippen LogP contribution in [-0.4, -0.2) is 17.1 Å². The third-order valence-corrected chi connectivity index (χ3v) is 1.55. The zero-order valence-electron chi connectivity index (χ0n) is 7.41. The van der Waals surface area contributed by atoms with Gasteiger partial charge in [0.05, 0.1) is 13.0 Å². The van der Waals surface area contributed by atoms with E-state index < -0.39 is 0 Å². The Morgan fingerprint density at radius 3 is 2.92 bits per heavy atom. The Morgan fingerprint density at radius 2 is 2.42 bits per heavy atom. The van der Waals surface area contributed by atoms with Crippen LogP contribution in [0.25, 0.3) is 0 Å². The Bertz CT molecular complexity index is 265. The fraction of sp³-hybridized carbons (Fsp3) is 0.444. The van der Waals surface area contributed by atoms with Gasteiger partial charge in [0.25, 0.3) is 0 Å². The first-order chi connectivity index (χ1) is 5.72. The van der Waals surface area contributed by atoms with Crippen molar-refractivity contribution < 1.29 is 9.53 Å². The van der Waals surface area contributed by atoms with E-state index in [-0.39, 0.29) is 5.97 Å². The molecule has 0 radical (unpaired) electrons. The molecule has 66 valence electrons. The number of hydrogen-bond acceptors (Lipinski definition) is 2. The van der Waals surface area contributed by atoms with E-state index >= 15 is 0 Å². The van der Waals surface area contributed by atoms with Crippen molar-refractivity contribution in [3.05, 3.63) is 24.0 Å². The highest BCUT2D eigenvalue weighted by Gasteiger charge is 2.03. The van der Waals surface area contributed by atoms with Crippen LogP contribution in [0.3, 0.4) is 0 Å². The Kier molecular flexibility index (Phi) is 2.91. The molecule has 0 bridgehead atoms. The molecule has 0 N–H and O–H groups in total. The highest BCUT2D eigenvalue weighted by atomic mass is 16.5. The molecule has 0 fully saturated rings. The van der Waals surface area contributed by atoms with Gasteiger partial charge in [-0.15, -0.1) is 0 Å². The molecule has 1 heterocycles. The van der Waals surface area contributed by atoms with Crippen LogP contribution < -0.4 is 0 Å². The molecule has 3 nitrogen and oxygen atoms in total. The summed E-state index contributed by atoms with van der Waals surface area (Å²) in [7, 11) is 1.93. The molecule has 0 aliphatic carbocycles. The zero-order chi connectivity index (χ0) is 8.97. The minimum atomic E-state index is -0.163. The number of carbonyl (C=O) groups is 1. The van der Waals surface area contributed by atoms with Gasteiger partial charge in [0.1, 0.15) is 0 Å². The molecule has 1 aromatic rings. The van der Waals surface area contributed by atoms with Crippen molar-refractivity contribution in [3.8, 4) is 0 Å². The molecular weight excluding hydrogens is 154 g/mol. The van der Waals surface area contributed by atoms with Gasteiger partial charge in [-0.25, -0.2) is 0 Å². The molecule has 0 spiro atoms. The summed E-state index contributed by atoms with van der Waals surface area (Å²) in [5.41, 5.74) is 0.996. The van der Waals surface area contributed by atoms with Crippen LogP contribution in [-0.2, 0) is 23.0 Å². The van der Waals surface area contributed by atoms with E-state index in [1.165, 1.54) is 0 Å². The highest BCUT2D eigenvalue weighted by Crippen LogP contribution is 2.01. The maximum Gasteiger partial charge on any atom is 0.310 e. The van der Waals surface area contributed by atoms with Gasteiger partial charge in [0.2, 0.25) is 0 Å². The number of esters is 1. The van der Waals surface area contributed by atoms with Crippen molar-refractivity contribution in [2.24, 2.45) is 7.05 Å². The predicted octanol–water partition coefficient (Wildman–Crippen LogP) is 1.13. The maximum atomic E-state index is 11.0. The third-order valence-electron chi connectivity index (χ3n) is 1.55. The predicted molar refractivity (Wildman–Crippen MR) is 45.8 cm³/mol. The van der Waals surface area contributed by atoms with E-state index in [9.17, 15) is 4.79 Å². The highest BCUT2D eigenvalue weighted by molar-refractivity contribution is 5.72. The number of aryl methyl sites for hydroxylation is 1. The van der Waals surface area contributed by atoms with Gasteiger partial charge >= 0.3 is 5.97 Å². The molecule has 1 rings (SSSR count). The molecule has 0 unspecified atom stereocenters. The first-order valence-corrected chi connectivity index (χ1v) is 3.99. The number of ether oxygens (including phenoxy) is 1. The van der Waals surface area contributed by atoms with Crippen LogP contribution in [0.2, 0.25) is 0 Å². The molecule has 0 amide bonds. The zero-order valence-corrected chi connectivity index (χ0v) is 7.41. The van der Waals surface area contributed by atoms with Gasteiger partial charge in [0, 0.05) is 19.4 Å². The van der Waals surface area contributed by atoms with Crippen molar-refractivity contribution in [2.75, 3.05) is 6.61 Å². The summed E-state index contributed by atoms with van der Waals surface area (Å²) in [6, 6.07) is 1.91. The van der Waals surface area contributed by atoms with E-state index in [1.54, 1.807) is 0 Å². The molecule has 12 heavy (non-hydrogen) atoms. The molecule has 0 atom stereocenters. The second-order valence-electron chi connectivity index (χ2n) is 2.67. The topological polar surface area (TPSA) is 31.2 Å². The van der Waals surface area contributed by atoms with Gasteiger partial charge in [-0.1, -0.05) is 0 Å². The van der Waals surface area contributed by atoms with Gasteiger partial charge in [-0.05, 0) is 18.6 Å². The summed E-state index contributed by atoms with van der Waals surface area (Å²) in [5, 5.41) is 0. The lowest BCUT2D eigenvalue weighted by molar-refractivity contribution is -0.142. The van der Waals surface area contributed by atoms with Crippen LogP contribution in [0.15, 0.2) is 18.5 Å². The first-order valence-electron chi connectivity index (χ1n) is 3.99. The Labute approximate surface area is 72.0 Å². The van der Waals surface area contributed by atoms with Crippen LogP contribution in [0, 0.1) is 0 Å². The number of aromatic nitrogens is 1. The van der Waals surface area contributed by atoms with Crippen LogP contribution in [0.1, 0.15) is 12.5 Å². The van der Waals surface area contributed by atoms with Crippen LogP contribution in [0.4, 0.5) is 0 Å². The Morgan fingerprint density at radius 1 is 1.67 bits per heavy atom. The fourth-order valence-corrected chi connectivity index (χ4v) is 1.04. The van der Waals surface area contributed by atoms with Crippen LogP contribution >= 0.6 is 0 Å². The molecule has 0 saturated carbocycles. The standard InChI is InChI=1S/C9H13NO2/c1-3-12-9(11)6-8-4-5-10(2)7-8/h4-5,7H,3,6H2,1-2H3. The Balaban J connectivity index is 2.46. The fourth-order valence-electron chi connectivity index (χ4n) is 1.04. The second-order valence-corrected chi connectivity index (χ2v) is 2.67. The van der Waals surface area contributed by atoms with E-state index in [4.69, 9.17) is 4.74 Å². The van der Waals surface area contributed by atoms with Crippen LogP contribution in [0.5, 0.6) is 0 Å². The molecule has 0 saturated heterocycles. The van der Waals surface area contributed by atoms with Crippen molar-refractivity contribution in [2.45, 2.75) is 13.3 Å². The average molecular weight is 167 g/mol. The molecule has 1 aromatic heterocycles. The minimum Gasteiger partial charge on any atom is -0.466 e. The van der Waals surface area contributed by atoms with E-state index in [1.807, 2.05) is 37.0 Å². The molecule has 0 aromatic carbocycles. The lowest BCUT2D eigenvalue weighted by atomic mass is 10.2. The summed E-state index contributed by atoms with van der Waals surface area (Å²) in [5.74, 6) is -0.163.